The number of rotatable bonds is 4. The van der Waals surface area contributed by atoms with Crippen LogP contribution in [0.3, 0.4) is 0 Å². The lowest BCUT2D eigenvalue weighted by atomic mass is 9.96. The van der Waals surface area contributed by atoms with Crippen LogP contribution in [0.25, 0.3) is 0 Å². The van der Waals surface area contributed by atoms with Gasteiger partial charge in [0.25, 0.3) is 0 Å². The molecule has 1 fully saturated rings. The number of piperazine rings is 1. The Hall–Kier alpha value is -1.40. The highest BCUT2D eigenvalue weighted by Gasteiger charge is 2.30. The van der Waals surface area contributed by atoms with Gasteiger partial charge >= 0.3 is 0 Å². The molecule has 1 atom stereocenters. The van der Waals surface area contributed by atoms with Gasteiger partial charge in [-0.1, -0.05) is 5.57 Å². The van der Waals surface area contributed by atoms with E-state index in [0.29, 0.717) is 31.8 Å². The van der Waals surface area contributed by atoms with Crippen LogP contribution in [0.1, 0.15) is 24.9 Å². The zero-order valence-electron chi connectivity index (χ0n) is 11.9. The van der Waals surface area contributed by atoms with Crippen molar-refractivity contribution in [2.75, 3.05) is 26.2 Å². The molecule has 2 rings (SSSR count). The average Bonchev–Trinajstić information content (AvgIpc) is 2.45. The fourth-order valence-corrected chi connectivity index (χ4v) is 2.62. The lowest BCUT2D eigenvalue weighted by Crippen LogP contribution is -2.45. The number of hydrogen-bond acceptors (Lipinski definition) is 2. The van der Waals surface area contributed by atoms with E-state index in [-0.39, 0.29) is 12.5 Å². The third kappa shape index (κ3) is 3.44. The van der Waals surface area contributed by atoms with Crippen molar-refractivity contribution < 1.29 is 17.6 Å². The van der Waals surface area contributed by atoms with Crippen molar-refractivity contribution in [3.8, 4) is 0 Å². The van der Waals surface area contributed by atoms with Gasteiger partial charge in [0, 0.05) is 43.9 Å². The highest BCUT2D eigenvalue weighted by atomic mass is 19.2. The maximum atomic E-state index is 14.0. The normalized spacial score (nSPS) is 17.8. The summed E-state index contributed by atoms with van der Waals surface area (Å²) >= 11 is 0. The summed E-state index contributed by atoms with van der Waals surface area (Å²) in [5.74, 6) is -5.38. The second kappa shape index (κ2) is 6.58. The first-order chi connectivity index (χ1) is 9.91. The maximum absolute atomic E-state index is 14.0. The molecule has 2 nitrogen and oxygen atoms in total. The molecule has 0 bridgehead atoms. The topological polar surface area (TPSA) is 15.3 Å². The summed E-state index contributed by atoms with van der Waals surface area (Å²) in [6.07, 6.45) is 0.247. The summed E-state index contributed by atoms with van der Waals surface area (Å²) in [6.45, 7) is 7.89. The van der Waals surface area contributed by atoms with Crippen LogP contribution >= 0.6 is 0 Å². The molecule has 1 saturated heterocycles. The van der Waals surface area contributed by atoms with Gasteiger partial charge in [-0.15, -0.1) is 6.58 Å². The van der Waals surface area contributed by atoms with Gasteiger partial charge in [-0.05, 0) is 13.3 Å². The predicted molar refractivity (Wildman–Crippen MR) is 72.9 cm³/mol. The molecule has 1 aromatic carbocycles. The molecule has 1 aliphatic heterocycles. The second-order valence-corrected chi connectivity index (χ2v) is 5.34. The van der Waals surface area contributed by atoms with Gasteiger partial charge in [0.1, 0.15) is 0 Å². The largest absolute Gasteiger partial charge is 0.314 e. The Kier molecular flexibility index (Phi) is 5.00. The Labute approximate surface area is 121 Å². The van der Waals surface area contributed by atoms with Crippen LogP contribution in [0.4, 0.5) is 17.6 Å². The summed E-state index contributed by atoms with van der Waals surface area (Å²) in [6, 6.07) is -0.515. The van der Waals surface area contributed by atoms with Crippen LogP contribution < -0.4 is 5.32 Å². The third-order valence-corrected chi connectivity index (χ3v) is 3.61. The first-order valence-corrected chi connectivity index (χ1v) is 6.84. The molecule has 1 heterocycles. The molecule has 0 spiro atoms. The molecule has 0 aliphatic carbocycles. The van der Waals surface area contributed by atoms with E-state index < -0.39 is 34.9 Å². The first kappa shape index (κ1) is 16.0. The van der Waals surface area contributed by atoms with Crippen molar-refractivity contribution in [3.05, 3.63) is 47.1 Å². The van der Waals surface area contributed by atoms with Gasteiger partial charge in [0.2, 0.25) is 0 Å². The Morgan fingerprint density at radius 2 is 1.71 bits per heavy atom. The van der Waals surface area contributed by atoms with Crippen molar-refractivity contribution >= 4 is 0 Å². The van der Waals surface area contributed by atoms with Gasteiger partial charge < -0.3 is 5.32 Å². The van der Waals surface area contributed by atoms with E-state index in [2.05, 4.69) is 11.9 Å². The highest BCUT2D eigenvalue weighted by molar-refractivity contribution is 5.27. The monoisotopic (exact) mass is 302 g/mol. The van der Waals surface area contributed by atoms with E-state index in [9.17, 15) is 17.6 Å². The smallest absolute Gasteiger partial charge is 0.166 e. The maximum Gasteiger partial charge on any atom is 0.166 e. The molecular formula is C15H18F4N2. The quantitative estimate of drug-likeness (QED) is 0.522. The number of halogens is 4. The molecule has 6 heteroatoms. The Balaban J connectivity index is 2.47. The predicted octanol–water partition coefficient (Wildman–Crippen LogP) is 3.16. The molecular weight excluding hydrogens is 284 g/mol. The first-order valence-electron chi connectivity index (χ1n) is 6.84. The highest BCUT2D eigenvalue weighted by Crippen LogP contribution is 2.33. The van der Waals surface area contributed by atoms with Crippen LogP contribution in [-0.4, -0.2) is 31.1 Å². The molecule has 0 aromatic heterocycles. The molecule has 0 amide bonds. The standard InChI is InChI=1S/C15H18F4N2/c1-9(2)7-12(21-5-3-20-4-6-21)13-14(18)10(16)8-11(17)15(13)19/h8,12,20H,1,3-7H2,2H3/t12-/m1/s1. The molecule has 116 valence electrons. The number of hydrogen-bond donors (Lipinski definition) is 1. The summed E-state index contributed by atoms with van der Waals surface area (Å²) in [4.78, 5) is 1.82. The lowest BCUT2D eigenvalue weighted by Gasteiger charge is -2.35. The second-order valence-electron chi connectivity index (χ2n) is 5.34. The number of nitrogens with zero attached hydrogens (tertiary/aromatic N) is 1. The summed E-state index contributed by atoms with van der Waals surface area (Å²) in [7, 11) is 0. The summed E-state index contributed by atoms with van der Waals surface area (Å²) in [5, 5.41) is 3.13. The fourth-order valence-electron chi connectivity index (χ4n) is 2.62. The van der Waals surface area contributed by atoms with E-state index >= 15 is 0 Å². The lowest BCUT2D eigenvalue weighted by molar-refractivity contribution is 0.164. The molecule has 1 aliphatic rings. The minimum Gasteiger partial charge on any atom is -0.314 e. The van der Waals surface area contributed by atoms with Gasteiger partial charge in [-0.2, -0.15) is 0 Å². The van der Waals surface area contributed by atoms with Gasteiger partial charge in [0.05, 0.1) is 0 Å². The number of benzene rings is 1. The van der Waals surface area contributed by atoms with Crippen molar-refractivity contribution in [1.29, 1.82) is 0 Å². The van der Waals surface area contributed by atoms with E-state index in [1.165, 1.54) is 0 Å². The van der Waals surface area contributed by atoms with Gasteiger partial charge in [0.15, 0.2) is 23.3 Å². The van der Waals surface area contributed by atoms with E-state index in [1.807, 2.05) is 4.90 Å². The molecule has 0 saturated carbocycles. The number of nitrogens with one attached hydrogen (secondary N) is 1. The van der Waals surface area contributed by atoms with Crippen LogP contribution in [0.15, 0.2) is 18.2 Å². The van der Waals surface area contributed by atoms with Gasteiger partial charge in [-0.3, -0.25) is 4.90 Å². The van der Waals surface area contributed by atoms with Crippen LogP contribution in [-0.2, 0) is 0 Å². The fraction of sp³-hybridized carbons (Fsp3) is 0.467. The zero-order chi connectivity index (χ0) is 15.6. The van der Waals surface area contributed by atoms with Crippen molar-refractivity contribution in [2.45, 2.75) is 19.4 Å². The van der Waals surface area contributed by atoms with Crippen molar-refractivity contribution in [3.63, 3.8) is 0 Å². The third-order valence-electron chi connectivity index (χ3n) is 3.61. The van der Waals surface area contributed by atoms with Crippen molar-refractivity contribution in [2.24, 2.45) is 0 Å². The SMILES string of the molecule is C=C(C)C[C@H](c1c(F)c(F)cc(F)c1F)N1CCNCC1. The Morgan fingerprint density at radius 1 is 1.19 bits per heavy atom. The van der Waals surface area contributed by atoms with Gasteiger partial charge in [-0.25, -0.2) is 17.6 Å². The van der Waals surface area contributed by atoms with Crippen LogP contribution in [0.2, 0.25) is 0 Å². The van der Waals surface area contributed by atoms with Crippen molar-refractivity contribution in [1.82, 2.24) is 10.2 Å². The minimum absolute atomic E-state index is 0.240. The Morgan fingerprint density at radius 3 is 2.19 bits per heavy atom. The average molecular weight is 302 g/mol. The minimum atomic E-state index is -1.37. The summed E-state index contributed by atoms with van der Waals surface area (Å²) in [5.41, 5.74) is 0.152. The molecule has 0 radical (unpaired) electrons. The molecule has 0 unspecified atom stereocenters. The zero-order valence-corrected chi connectivity index (χ0v) is 11.9. The van der Waals surface area contributed by atoms with E-state index in [4.69, 9.17) is 0 Å². The molecule has 1 aromatic rings. The Bertz CT molecular complexity index is 513. The van der Waals surface area contributed by atoms with E-state index in [0.717, 1.165) is 0 Å². The van der Waals surface area contributed by atoms with Crippen LogP contribution in [0, 0.1) is 23.3 Å². The summed E-state index contributed by atoms with van der Waals surface area (Å²) < 4.78 is 55.0. The van der Waals surface area contributed by atoms with E-state index in [1.54, 1.807) is 6.92 Å². The molecule has 21 heavy (non-hydrogen) atoms. The molecule has 1 N–H and O–H groups in total. The van der Waals surface area contributed by atoms with Crippen LogP contribution in [0.5, 0.6) is 0 Å².